The zero-order valence-electron chi connectivity index (χ0n) is 33.2. The molecule has 0 saturated heterocycles. The van der Waals surface area contributed by atoms with Gasteiger partial charge in [-0.1, -0.05) is 190 Å². The van der Waals surface area contributed by atoms with Gasteiger partial charge in [0.25, 0.3) is 0 Å². The number of hydrogen-bond donors (Lipinski definition) is 0. The Hall–Kier alpha value is -7.42. The Bertz CT molecular complexity index is 3140. The Kier molecular flexibility index (Phi) is 8.20. The molecule has 11 rings (SSSR count). The number of para-hydroxylation sites is 2. The third-order valence-corrected chi connectivity index (χ3v) is 12.4. The number of benzene rings is 9. The maximum atomic E-state index is 2.54. The van der Waals surface area contributed by atoms with Gasteiger partial charge in [-0.25, -0.2) is 0 Å². The largest absolute Gasteiger partial charge is 0.309 e. The lowest BCUT2D eigenvalue weighted by Crippen LogP contribution is -2.16. The van der Waals surface area contributed by atoms with E-state index in [9.17, 15) is 0 Å². The van der Waals surface area contributed by atoms with Crippen molar-refractivity contribution >= 4 is 38.9 Å². The van der Waals surface area contributed by atoms with Crippen molar-refractivity contribution in [2.45, 2.75) is 19.3 Å². The SMILES string of the molecule is CC1(C)c2ccccc2-c2c(N(c3cccc(-n4c5ccccc5c5ccccc54)c3)c3cccc(-c4ccccc4)c3-c3ccccc3-c3ccccc3)cccc21. The summed E-state index contributed by atoms with van der Waals surface area (Å²) in [5.41, 5.74) is 19.1. The summed E-state index contributed by atoms with van der Waals surface area (Å²) in [6.45, 7) is 4.73. The second-order valence-electron chi connectivity index (χ2n) is 16.1. The van der Waals surface area contributed by atoms with Crippen LogP contribution in [0.5, 0.6) is 0 Å². The molecule has 0 unspecified atom stereocenters. The van der Waals surface area contributed by atoms with Crippen molar-refractivity contribution in [1.29, 1.82) is 0 Å². The number of aromatic nitrogens is 1. The van der Waals surface area contributed by atoms with Crippen LogP contribution < -0.4 is 4.90 Å². The highest BCUT2D eigenvalue weighted by molar-refractivity contribution is 6.09. The molecule has 9 aromatic carbocycles. The molecular formula is C57H42N2. The molecule has 2 heteroatoms. The number of nitrogens with zero attached hydrogens (tertiary/aromatic N) is 2. The lowest BCUT2D eigenvalue weighted by Gasteiger charge is -2.32. The molecule has 0 fully saturated rings. The topological polar surface area (TPSA) is 8.17 Å². The second kappa shape index (κ2) is 13.9. The minimum atomic E-state index is -0.160. The maximum absolute atomic E-state index is 2.54. The molecule has 0 aliphatic heterocycles. The molecule has 59 heavy (non-hydrogen) atoms. The zero-order valence-corrected chi connectivity index (χ0v) is 33.2. The van der Waals surface area contributed by atoms with Gasteiger partial charge in [-0.3, -0.25) is 0 Å². The molecule has 0 atom stereocenters. The lowest BCUT2D eigenvalue weighted by molar-refractivity contribution is 0.660. The molecule has 0 amide bonds. The van der Waals surface area contributed by atoms with Crippen molar-refractivity contribution in [3.05, 3.63) is 230 Å². The smallest absolute Gasteiger partial charge is 0.0546 e. The Morgan fingerprint density at radius 2 is 0.864 bits per heavy atom. The van der Waals surface area contributed by atoms with Crippen molar-refractivity contribution in [3.8, 4) is 50.2 Å². The third kappa shape index (κ3) is 5.56. The van der Waals surface area contributed by atoms with E-state index in [-0.39, 0.29) is 5.41 Å². The highest BCUT2D eigenvalue weighted by Gasteiger charge is 2.38. The summed E-state index contributed by atoms with van der Waals surface area (Å²) in [6, 6.07) is 80.0. The van der Waals surface area contributed by atoms with E-state index in [1.54, 1.807) is 0 Å². The monoisotopic (exact) mass is 754 g/mol. The first-order valence-corrected chi connectivity index (χ1v) is 20.5. The van der Waals surface area contributed by atoms with Gasteiger partial charge in [0.15, 0.2) is 0 Å². The minimum absolute atomic E-state index is 0.160. The quantitative estimate of drug-likeness (QED) is 0.157. The Morgan fingerprint density at radius 3 is 1.56 bits per heavy atom. The normalized spacial score (nSPS) is 12.7. The van der Waals surface area contributed by atoms with E-state index in [2.05, 4.69) is 242 Å². The molecule has 280 valence electrons. The summed E-state index contributed by atoms with van der Waals surface area (Å²) in [6.07, 6.45) is 0. The predicted octanol–water partition coefficient (Wildman–Crippen LogP) is 15.6. The minimum Gasteiger partial charge on any atom is -0.309 e. The summed E-state index contributed by atoms with van der Waals surface area (Å²) in [5.74, 6) is 0. The van der Waals surface area contributed by atoms with Crippen LogP contribution in [-0.2, 0) is 5.41 Å². The molecule has 1 aliphatic rings. The maximum Gasteiger partial charge on any atom is 0.0546 e. The van der Waals surface area contributed by atoms with Gasteiger partial charge in [0.05, 0.1) is 22.4 Å². The van der Waals surface area contributed by atoms with Crippen LogP contribution in [0.2, 0.25) is 0 Å². The number of anilines is 3. The average Bonchev–Trinajstić information content (AvgIpc) is 3.76. The summed E-state index contributed by atoms with van der Waals surface area (Å²) in [4.78, 5) is 2.54. The van der Waals surface area contributed by atoms with Crippen molar-refractivity contribution in [1.82, 2.24) is 4.57 Å². The summed E-state index contributed by atoms with van der Waals surface area (Å²) >= 11 is 0. The highest BCUT2D eigenvalue weighted by atomic mass is 15.2. The van der Waals surface area contributed by atoms with Crippen molar-refractivity contribution < 1.29 is 0 Å². The van der Waals surface area contributed by atoms with Crippen LogP contribution >= 0.6 is 0 Å². The van der Waals surface area contributed by atoms with Crippen LogP contribution in [0.1, 0.15) is 25.0 Å². The molecule has 0 bridgehead atoms. The van der Waals surface area contributed by atoms with Gasteiger partial charge in [0, 0.05) is 38.7 Å². The fraction of sp³-hybridized carbons (Fsp3) is 0.0526. The van der Waals surface area contributed by atoms with E-state index in [0.717, 1.165) is 22.7 Å². The van der Waals surface area contributed by atoms with E-state index in [0.29, 0.717) is 0 Å². The van der Waals surface area contributed by atoms with E-state index in [1.807, 2.05) is 0 Å². The number of fused-ring (bicyclic) bond motifs is 6. The zero-order chi connectivity index (χ0) is 39.5. The molecular weight excluding hydrogens is 713 g/mol. The van der Waals surface area contributed by atoms with Gasteiger partial charge in [-0.2, -0.15) is 0 Å². The summed E-state index contributed by atoms with van der Waals surface area (Å²) < 4.78 is 2.42. The molecule has 0 spiro atoms. The molecule has 1 aliphatic carbocycles. The van der Waals surface area contributed by atoms with Crippen molar-refractivity contribution in [3.63, 3.8) is 0 Å². The Labute approximate surface area is 345 Å². The molecule has 1 heterocycles. The fourth-order valence-electron chi connectivity index (χ4n) is 9.74. The summed E-state index contributed by atoms with van der Waals surface area (Å²) in [5, 5.41) is 2.50. The van der Waals surface area contributed by atoms with Crippen molar-refractivity contribution in [2.24, 2.45) is 0 Å². The van der Waals surface area contributed by atoms with Crippen LogP contribution in [-0.4, -0.2) is 4.57 Å². The van der Waals surface area contributed by atoms with Crippen LogP contribution in [0.25, 0.3) is 72.0 Å². The predicted molar refractivity (Wildman–Crippen MR) is 249 cm³/mol. The number of hydrogen-bond acceptors (Lipinski definition) is 1. The standard InChI is InChI=1S/C57H42N2/c1-57(2)49-32-14-11-30-48(49)56-50(57)33-19-37-54(56)59(42-25-17-24-41(38-42)58-51-34-15-12-27-45(51)46-28-13-16-35-52(46)58)53-36-18-31-44(40-22-7-4-8-23-40)55(53)47-29-10-9-26-43(47)39-20-5-3-6-21-39/h3-38H,1-2H3. The Morgan fingerprint density at radius 1 is 0.373 bits per heavy atom. The third-order valence-electron chi connectivity index (χ3n) is 12.4. The fourth-order valence-corrected chi connectivity index (χ4v) is 9.74. The molecule has 2 nitrogen and oxygen atoms in total. The van der Waals surface area contributed by atoms with Crippen LogP contribution in [0.4, 0.5) is 17.1 Å². The number of rotatable bonds is 7. The summed E-state index contributed by atoms with van der Waals surface area (Å²) in [7, 11) is 0. The highest BCUT2D eigenvalue weighted by Crippen LogP contribution is 2.56. The first-order chi connectivity index (χ1) is 29.1. The van der Waals surface area contributed by atoms with Gasteiger partial charge in [-0.05, 0) is 87.0 Å². The first-order valence-electron chi connectivity index (χ1n) is 20.5. The first kappa shape index (κ1) is 34.8. The molecule has 0 saturated carbocycles. The lowest BCUT2D eigenvalue weighted by atomic mass is 9.82. The molecule has 0 N–H and O–H groups in total. The van der Waals surface area contributed by atoms with E-state index < -0.39 is 0 Å². The molecule has 1 aromatic heterocycles. The molecule has 0 radical (unpaired) electrons. The second-order valence-corrected chi connectivity index (χ2v) is 16.1. The van der Waals surface area contributed by atoms with Gasteiger partial charge >= 0.3 is 0 Å². The van der Waals surface area contributed by atoms with Crippen LogP contribution in [0, 0.1) is 0 Å². The molecule has 10 aromatic rings. The van der Waals surface area contributed by atoms with Gasteiger partial charge in [0.2, 0.25) is 0 Å². The Balaban J connectivity index is 1.25. The van der Waals surface area contributed by atoms with E-state index in [1.165, 1.54) is 77.4 Å². The van der Waals surface area contributed by atoms with Gasteiger partial charge < -0.3 is 9.47 Å². The average molecular weight is 755 g/mol. The van der Waals surface area contributed by atoms with Crippen LogP contribution in [0.3, 0.4) is 0 Å². The van der Waals surface area contributed by atoms with E-state index in [4.69, 9.17) is 0 Å². The van der Waals surface area contributed by atoms with E-state index >= 15 is 0 Å². The van der Waals surface area contributed by atoms with Crippen molar-refractivity contribution in [2.75, 3.05) is 4.90 Å². The van der Waals surface area contributed by atoms with Gasteiger partial charge in [0.1, 0.15) is 0 Å². The van der Waals surface area contributed by atoms with Crippen LogP contribution in [0.15, 0.2) is 218 Å². The van der Waals surface area contributed by atoms with Gasteiger partial charge in [-0.15, -0.1) is 0 Å².